The van der Waals surface area contributed by atoms with E-state index in [0.717, 1.165) is 49.2 Å². The van der Waals surface area contributed by atoms with Gasteiger partial charge < -0.3 is 20.9 Å². The molecule has 1 fully saturated rings. The SMILES string of the molecule is Nc1n[nH]c(CNC(=O)N2CCC[C@H](Cc3nc4ccccc4[nH]3)C2)n1. The molecule has 1 saturated heterocycles. The molecule has 26 heavy (non-hydrogen) atoms. The van der Waals surface area contributed by atoms with Crippen LogP contribution in [-0.2, 0) is 13.0 Å². The highest BCUT2D eigenvalue weighted by molar-refractivity contribution is 5.75. The molecule has 5 N–H and O–H groups in total. The van der Waals surface area contributed by atoms with Crippen molar-refractivity contribution in [2.75, 3.05) is 18.8 Å². The second kappa shape index (κ2) is 7.03. The number of nitrogen functional groups attached to an aromatic ring is 1. The zero-order valence-corrected chi connectivity index (χ0v) is 14.4. The van der Waals surface area contributed by atoms with Crippen LogP contribution in [0.15, 0.2) is 24.3 Å². The molecule has 0 bridgehead atoms. The lowest BCUT2D eigenvalue weighted by molar-refractivity contribution is 0.164. The molecule has 1 aromatic carbocycles. The van der Waals surface area contributed by atoms with Gasteiger partial charge in [0.05, 0.1) is 17.6 Å². The van der Waals surface area contributed by atoms with Gasteiger partial charge in [-0.1, -0.05) is 12.1 Å². The standard InChI is InChI=1S/C17H22N8O/c18-16-22-15(23-24-16)9-19-17(26)25-7-3-4-11(10-25)8-14-20-12-5-1-2-6-13(12)21-14/h1-2,5-6,11H,3-4,7-10H2,(H,19,26)(H,20,21)(H3,18,22,23,24)/t11-/m1/s1. The van der Waals surface area contributed by atoms with Gasteiger partial charge in [-0.2, -0.15) is 4.98 Å². The van der Waals surface area contributed by atoms with Crippen molar-refractivity contribution < 1.29 is 4.79 Å². The first kappa shape index (κ1) is 16.4. The summed E-state index contributed by atoms with van der Waals surface area (Å²) in [4.78, 5) is 26.3. The number of H-pyrrole nitrogens is 2. The quantitative estimate of drug-likeness (QED) is 0.563. The predicted molar refractivity (Wildman–Crippen MR) is 97.1 cm³/mol. The summed E-state index contributed by atoms with van der Waals surface area (Å²) < 4.78 is 0. The van der Waals surface area contributed by atoms with Gasteiger partial charge in [-0.25, -0.2) is 9.78 Å². The van der Waals surface area contributed by atoms with Crippen LogP contribution in [0.3, 0.4) is 0 Å². The van der Waals surface area contributed by atoms with Crippen LogP contribution in [0.1, 0.15) is 24.5 Å². The first-order chi connectivity index (χ1) is 12.7. The first-order valence-corrected chi connectivity index (χ1v) is 8.80. The highest BCUT2D eigenvalue weighted by Crippen LogP contribution is 2.21. The number of rotatable bonds is 4. The third-order valence-corrected chi connectivity index (χ3v) is 4.68. The highest BCUT2D eigenvalue weighted by Gasteiger charge is 2.24. The number of hydrogen-bond acceptors (Lipinski definition) is 5. The molecule has 0 saturated carbocycles. The Morgan fingerprint density at radius 1 is 1.31 bits per heavy atom. The number of nitrogens with two attached hydrogens (primary N) is 1. The van der Waals surface area contributed by atoms with E-state index < -0.39 is 0 Å². The van der Waals surface area contributed by atoms with E-state index >= 15 is 0 Å². The minimum absolute atomic E-state index is 0.0886. The van der Waals surface area contributed by atoms with Crippen molar-refractivity contribution in [1.29, 1.82) is 0 Å². The molecule has 4 rings (SSSR count). The van der Waals surface area contributed by atoms with Crippen LogP contribution in [0.25, 0.3) is 11.0 Å². The Hall–Kier alpha value is -3.10. The van der Waals surface area contributed by atoms with Crippen LogP contribution in [0.5, 0.6) is 0 Å². The number of carbonyl (C=O) groups is 1. The number of carbonyl (C=O) groups excluding carboxylic acids is 1. The molecule has 1 atom stereocenters. The lowest BCUT2D eigenvalue weighted by Crippen LogP contribution is -2.45. The number of imidazole rings is 1. The van der Waals surface area contributed by atoms with Gasteiger partial charge in [0.2, 0.25) is 5.95 Å². The fourth-order valence-corrected chi connectivity index (χ4v) is 3.45. The number of piperidine rings is 1. The maximum atomic E-state index is 12.4. The topological polar surface area (TPSA) is 129 Å². The minimum atomic E-state index is -0.0886. The van der Waals surface area contributed by atoms with Crippen molar-refractivity contribution in [2.24, 2.45) is 5.92 Å². The van der Waals surface area contributed by atoms with Crippen molar-refractivity contribution in [2.45, 2.75) is 25.8 Å². The third-order valence-electron chi connectivity index (χ3n) is 4.68. The lowest BCUT2D eigenvalue weighted by atomic mass is 9.95. The number of nitrogens with zero attached hydrogens (tertiary/aromatic N) is 4. The van der Waals surface area contributed by atoms with Crippen molar-refractivity contribution >= 4 is 23.0 Å². The Labute approximate surface area is 150 Å². The zero-order chi connectivity index (χ0) is 17.9. The molecular weight excluding hydrogens is 332 g/mol. The lowest BCUT2D eigenvalue weighted by Gasteiger charge is -2.32. The maximum absolute atomic E-state index is 12.4. The molecule has 2 amide bonds. The molecule has 136 valence electrons. The molecule has 0 unspecified atom stereocenters. The summed E-state index contributed by atoms with van der Waals surface area (Å²) in [7, 11) is 0. The van der Waals surface area contributed by atoms with Crippen LogP contribution in [0.2, 0.25) is 0 Å². The molecule has 9 nitrogen and oxygen atoms in total. The predicted octanol–water partition coefficient (Wildman–Crippen LogP) is 1.43. The van der Waals surface area contributed by atoms with Gasteiger partial charge in [-0.05, 0) is 30.9 Å². The van der Waals surface area contributed by atoms with Gasteiger partial charge in [0.25, 0.3) is 0 Å². The number of benzene rings is 1. The number of anilines is 1. The van der Waals surface area contributed by atoms with Crippen molar-refractivity contribution in [3.8, 4) is 0 Å². The Morgan fingerprint density at radius 3 is 3.00 bits per heavy atom. The summed E-state index contributed by atoms with van der Waals surface area (Å²) >= 11 is 0. The molecule has 0 spiro atoms. The number of likely N-dealkylation sites (tertiary alicyclic amines) is 1. The fraction of sp³-hybridized carbons (Fsp3) is 0.412. The molecule has 0 radical (unpaired) electrons. The van der Waals surface area contributed by atoms with Gasteiger partial charge in [0.1, 0.15) is 11.6 Å². The molecule has 3 heterocycles. The number of hydrogen-bond donors (Lipinski definition) is 4. The molecular formula is C17H22N8O. The monoisotopic (exact) mass is 354 g/mol. The second-order valence-electron chi connectivity index (χ2n) is 6.66. The molecule has 0 aliphatic carbocycles. The molecule has 9 heteroatoms. The largest absolute Gasteiger partial charge is 0.367 e. The van der Waals surface area contributed by atoms with Gasteiger partial charge in [0.15, 0.2) is 0 Å². The van der Waals surface area contributed by atoms with E-state index in [4.69, 9.17) is 5.73 Å². The Balaban J connectivity index is 1.33. The minimum Gasteiger partial charge on any atom is -0.367 e. The van der Waals surface area contributed by atoms with E-state index in [1.54, 1.807) is 0 Å². The van der Waals surface area contributed by atoms with E-state index in [1.807, 2.05) is 29.2 Å². The molecule has 2 aromatic heterocycles. The number of nitrogens with one attached hydrogen (secondary N) is 3. The number of para-hydroxylation sites is 2. The Kier molecular flexibility index (Phi) is 4.42. The normalized spacial score (nSPS) is 17.5. The van der Waals surface area contributed by atoms with E-state index in [1.165, 1.54) is 0 Å². The van der Waals surface area contributed by atoms with Crippen LogP contribution in [0.4, 0.5) is 10.7 Å². The Bertz CT molecular complexity index is 868. The number of amides is 2. The summed E-state index contributed by atoms with van der Waals surface area (Å²) in [5.74, 6) is 2.11. The third kappa shape index (κ3) is 3.61. The van der Waals surface area contributed by atoms with E-state index in [2.05, 4.69) is 30.5 Å². The summed E-state index contributed by atoms with van der Waals surface area (Å²) in [6.45, 7) is 1.77. The Morgan fingerprint density at radius 2 is 2.19 bits per heavy atom. The van der Waals surface area contributed by atoms with Gasteiger partial charge >= 0.3 is 6.03 Å². The summed E-state index contributed by atoms with van der Waals surface area (Å²) in [6, 6.07) is 7.94. The molecule has 1 aliphatic heterocycles. The highest BCUT2D eigenvalue weighted by atomic mass is 16.2. The van der Waals surface area contributed by atoms with Gasteiger partial charge in [-0.15, -0.1) is 5.10 Å². The van der Waals surface area contributed by atoms with E-state index in [0.29, 0.717) is 11.7 Å². The van der Waals surface area contributed by atoms with Crippen molar-refractivity contribution in [3.05, 3.63) is 35.9 Å². The number of fused-ring (bicyclic) bond motifs is 1. The smallest absolute Gasteiger partial charge is 0.317 e. The number of urea groups is 1. The summed E-state index contributed by atoms with van der Waals surface area (Å²) in [6.07, 6.45) is 2.93. The molecule has 1 aliphatic rings. The fourth-order valence-electron chi connectivity index (χ4n) is 3.45. The molecule has 3 aromatic rings. The first-order valence-electron chi connectivity index (χ1n) is 8.80. The van der Waals surface area contributed by atoms with E-state index in [-0.39, 0.29) is 18.5 Å². The van der Waals surface area contributed by atoms with Gasteiger partial charge in [0, 0.05) is 19.5 Å². The van der Waals surface area contributed by atoms with E-state index in [9.17, 15) is 4.79 Å². The van der Waals surface area contributed by atoms with Crippen molar-refractivity contribution in [1.82, 2.24) is 35.4 Å². The van der Waals surface area contributed by atoms with Crippen LogP contribution in [0, 0.1) is 5.92 Å². The average Bonchev–Trinajstić information content (AvgIpc) is 3.25. The number of aromatic amines is 2. The average molecular weight is 354 g/mol. The zero-order valence-electron chi connectivity index (χ0n) is 14.4. The van der Waals surface area contributed by atoms with Crippen LogP contribution < -0.4 is 11.1 Å². The summed E-state index contributed by atoms with van der Waals surface area (Å²) in [5.41, 5.74) is 7.50. The summed E-state index contributed by atoms with van der Waals surface area (Å²) in [5, 5.41) is 9.30. The van der Waals surface area contributed by atoms with Crippen LogP contribution in [-0.4, -0.2) is 49.2 Å². The van der Waals surface area contributed by atoms with Gasteiger partial charge in [-0.3, -0.25) is 5.10 Å². The second-order valence-corrected chi connectivity index (χ2v) is 6.66. The maximum Gasteiger partial charge on any atom is 0.317 e. The van der Waals surface area contributed by atoms with Crippen LogP contribution >= 0.6 is 0 Å². The van der Waals surface area contributed by atoms with Crippen molar-refractivity contribution in [3.63, 3.8) is 0 Å². The number of aromatic nitrogens is 5.